The number of ether oxygens (including phenoxy) is 2. The van der Waals surface area contributed by atoms with Gasteiger partial charge in [-0.25, -0.2) is 0 Å². The molecule has 0 aliphatic rings. The molecule has 0 spiro atoms. The Morgan fingerprint density at radius 2 is 1.79 bits per heavy atom. The molecule has 1 unspecified atom stereocenters. The summed E-state index contributed by atoms with van der Waals surface area (Å²) in [4.78, 5) is 0. The summed E-state index contributed by atoms with van der Waals surface area (Å²) < 4.78 is 10.8. The Morgan fingerprint density at radius 3 is 2.37 bits per heavy atom. The highest BCUT2D eigenvalue weighted by atomic mass is 16.7. The van der Waals surface area contributed by atoms with E-state index in [9.17, 15) is 0 Å². The van der Waals surface area contributed by atoms with Crippen LogP contribution in [0.15, 0.2) is 30.3 Å². The molecule has 0 aromatic heterocycles. The Balaban J connectivity index is 2.39. The highest BCUT2D eigenvalue weighted by Crippen LogP contribution is 2.11. The molecule has 108 valence electrons. The fraction of sp³-hybridized carbons (Fsp3) is 0.625. The lowest BCUT2D eigenvalue weighted by Gasteiger charge is -2.25. The largest absolute Gasteiger partial charge is 0.354 e. The molecule has 0 saturated carbocycles. The van der Waals surface area contributed by atoms with Crippen molar-refractivity contribution in [1.82, 2.24) is 5.32 Å². The highest BCUT2D eigenvalue weighted by molar-refractivity contribution is 5.14. The highest BCUT2D eigenvalue weighted by Gasteiger charge is 2.19. The summed E-state index contributed by atoms with van der Waals surface area (Å²) in [5, 5.41) is 3.51. The van der Waals surface area contributed by atoms with Gasteiger partial charge in [0.05, 0.1) is 6.04 Å². The van der Waals surface area contributed by atoms with Gasteiger partial charge in [-0.15, -0.1) is 0 Å². The third-order valence-electron chi connectivity index (χ3n) is 3.27. The lowest BCUT2D eigenvalue weighted by Crippen LogP contribution is -2.42. The zero-order chi connectivity index (χ0) is 13.9. The zero-order valence-electron chi connectivity index (χ0n) is 12.4. The second-order valence-corrected chi connectivity index (χ2v) is 4.78. The average molecular weight is 265 g/mol. The van der Waals surface area contributed by atoms with Crippen LogP contribution in [0.2, 0.25) is 0 Å². The van der Waals surface area contributed by atoms with Crippen molar-refractivity contribution in [2.75, 3.05) is 20.8 Å². The van der Waals surface area contributed by atoms with Crippen LogP contribution in [0.3, 0.4) is 0 Å². The summed E-state index contributed by atoms with van der Waals surface area (Å²) in [6, 6.07) is 10.9. The minimum atomic E-state index is -0.165. The number of methoxy groups -OCH3 is 2. The van der Waals surface area contributed by atoms with Crippen molar-refractivity contribution < 1.29 is 9.47 Å². The Bertz CT molecular complexity index is 312. The Kier molecular flexibility index (Phi) is 8.47. The van der Waals surface area contributed by atoms with Crippen LogP contribution in [0.4, 0.5) is 0 Å². The van der Waals surface area contributed by atoms with Gasteiger partial charge in [0.25, 0.3) is 0 Å². The molecule has 0 fully saturated rings. The van der Waals surface area contributed by atoms with Gasteiger partial charge >= 0.3 is 0 Å². The molecular weight excluding hydrogens is 238 g/mol. The molecule has 0 saturated heterocycles. The van der Waals surface area contributed by atoms with E-state index in [0.29, 0.717) is 0 Å². The number of rotatable bonds is 10. The second-order valence-electron chi connectivity index (χ2n) is 4.78. The van der Waals surface area contributed by atoms with E-state index in [1.807, 2.05) is 0 Å². The van der Waals surface area contributed by atoms with Crippen LogP contribution in [-0.4, -0.2) is 33.1 Å². The number of aryl methyl sites for hydroxylation is 1. The molecule has 1 rings (SSSR count). The first-order chi connectivity index (χ1) is 9.31. The molecule has 0 amide bonds. The van der Waals surface area contributed by atoms with E-state index in [0.717, 1.165) is 32.2 Å². The van der Waals surface area contributed by atoms with E-state index in [4.69, 9.17) is 9.47 Å². The summed E-state index contributed by atoms with van der Waals surface area (Å²) in [5.41, 5.74) is 1.39. The Labute approximate surface area is 117 Å². The molecule has 3 nitrogen and oxygen atoms in total. The SMILES string of the molecule is CCCNC(CCCc1ccccc1)C(OC)OC. The monoisotopic (exact) mass is 265 g/mol. The first-order valence-corrected chi connectivity index (χ1v) is 7.14. The van der Waals surface area contributed by atoms with Crippen LogP contribution in [0.1, 0.15) is 31.7 Å². The maximum Gasteiger partial charge on any atom is 0.171 e. The summed E-state index contributed by atoms with van der Waals surface area (Å²) in [5.74, 6) is 0. The zero-order valence-corrected chi connectivity index (χ0v) is 12.4. The summed E-state index contributed by atoms with van der Waals surface area (Å²) in [6.45, 7) is 3.17. The fourth-order valence-corrected chi connectivity index (χ4v) is 2.26. The van der Waals surface area contributed by atoms with Gasteiger partial charge in [0.15, 0.2) is 6.29 Å². The lowest BCUT2D eigenvalue weighted by atomic mass is 10.0. The number of benzene rings is 1. The molecule has 0 aliphatic heterocycles. The van der Waals surface area contributed by atoms with Crippen molar-refractivity contribution in [3.8, 4) is 0 Å². The molecule has 0 radical (unpaired) electrons. The van der Waals surface area contributed by atoms with Gasteiger partial charge in [-0.1, -0.05) is 37.3 Å². The van der Waals surface area contributed by atoms with Crippen molar-refractivity contribution in [2.45, 2.75) is 44.9 Å². The molecule has 19 heavy (non-hydrogen) atoms. The molecule has 1 aromatic carbocycles. The topological polar surface area (TPSA) is 30.5 Å². The van der Waals surface area contributed by atoms with Crippen LogP contribution >= 0.6 is 0 Å². The lowest BCUT2D eigenvalue weighted by molar-refractivity contribution is -0.124. The predicted molar refractivity (Wildman–Crippen MR) is 79.3 cm³/mol. The smallest absolute Gasteiger partial charge is 0.171 e. The minimum absolute atomic E-state index is 0.165. The summed E-state index contributed by atoms with van der Waals surface area (Å²) >= 11 is 0. The van der Waals surface area contributed by atoms with Crippen molar-refractivity contribution in [3.05, 3.63) is 35.9 Å². The molecule has 1 N–H and O–H groups in total. The first kappa shape index (κ1) is 16.2. The van der Waals surface area contributed by atoms with Gasteiger partial charge in [-0.2, -0.15) is 0 Å². The van der Waals surface area contributed by atoms with E-state index in [1.54, 1.807) is 14.2 Å². The molecule has 0 aliphatic carbocycles. The quantitative estimate of drug-likeness (QED) is 0.660. The molecule has 3 heteroatoms. The van der Waals surface area contributed by atoms with Crippen molar-refractivity contribution in [3.63, 3.8) is 0 Å². The van der Waals surface area contributed by atoms with Crippen LogP contribution in [-0.2, 0) is 15.9 Å². The van der Waals surface area contributed by atoms with Crippen LogP contribution in [0, 0.1) is 0 Å². The standard InChI is InChI=1S/C16H27NO2/c1-4-13-17-15(16(18-2)19-3)12-8-11-14-9-6-5-7-10-14/h5-7,9-10,15-17H,4,8,11-13H2,1-3H3. The van der Waals surface area contributed by atoms with E-state index in [1.165, 1.54) is 5.56 Å². The van der Waals surface area contributed by atoms with Crippen molar-refractivity contribution in [2.24, 2.45) is 0 Å². The number of nitrogens with one attached hydrogen (secondary N) is 1. The van der Waals surface area contributed by atoms with Crippen molar-refractivity contribution in [1.29, 1.82) is 0 Å². The Hall–Kier alpha value is -0.900. The molecule has 1 atom stereocenters. The summed E-state index contributed by atoms with van der Waals surface area (Å²) in [6.07, 6.45) is 4.25. The fourth-order valence-electron chi connectivity index (χ4n) is 2.26. The van der Waals surface area contributed by atoms with Gasteiger partial charge in [0, 0.05) is 14.2 Å². The van der Waals surface area contributed by atoms with Crippen molar-refractivity contribution >= 4 is 0 Å². The van der Waals surface area contributed by atoms with E-state index in [-0.39, 0.29) is 12.3 Å². The van der Waals surface area contributed by atoms with Crippen LogP contribution in [0.25, 0.3) is 0 Å². The van der Waals surface area contributed by atoms with E-state index >= 15 is 0 Å². The Morgan fingerprint density at radius 1 is 1.11 bits per heavy atom. The maximum absolute atomic E-state index is 5.38. The molecule has 1 aromatic rings. The van der Waals surface area contributed by atoms with Crippen LogP contribution < -0.4 is 5.32 Å². The third kappa shape index (κ3) is 6.19. The average Bonchev–Trinajstić information content (AvgIpc) is 2.46. The van der Waals surface area contributed by atoms with E-state index < -0.39 is 0 Å². The second kappa shape index (κ2) is 9.96. The number of hydrogen-bond acceptors (Lipinski definition) is 3. The first-order valence-electron chi connectivity index (χ1n) is 7.14. The normalized spacial score (nSPS) is 12.8. The van der Waals surface area contributed by atoms with Gasteiger partial charge < -0.3 is 14.8 Å². The van der Waals surface area contributed by atoms with Gasteiger partial charge in [0.1, 0.15) is 0 Å². The maximum atomic E-state index is 5.38. The van der Waals surface area contributed by atoms with Gasteiger partial charge in [-0.05, 0) is 37.8 Å². The molecular formula is C16H27NO2. The van der Waals surface area contributed by atoms with Crippen LogP contribution in [0.5, 0.6) is 0 Å². The predicted octanol–water partition coefficient (Wildman–Crippen LogP) is 3.00. The number of hydrogen-bond donors (Lipinski definition) is 1. The van der Waals surface area contributed by atoms with Gasteiger partial charge in [0.2, 0.25) is 0 Å². The molecule has 0 heterocycles. The summed E-state index contributed by atoms with van der Waals surface area (Å²) in [7, 11) is 3.40. The minimum Gasteiger partial charge on any atom is -0.354 e. The third-order valence-corrected chi connectivity index (χ3v) is 3.27. The van der Waals surface area contributed by atoms with Gasteiger partial charge in [-0.3, -0.25) is 0 Å². The van der Waals surface area contributed by atoms with E-state index in [2.05, 4.69) is 42.6 Å². The molecule has 0 bridgehead atoms.